The summed E-state index contributed by atoms with van der Waals surface area (Å²) in [6.07, 6.45) is -3.31. The molecule has 0 aliphatic carbocycles. The van der Waals surface area contributed by atoms with Crippen molar-refractivity contribution in [1.29, 1.82) is 0 Å². The predicted molar refractivity (Wildman–Crippen MR) is 116 cm³/mol. The number of rotatable bonds is 8. The Hall–Kier alpha value is -2.52. The summed E-state index contributed by atoms with van der Waals surface area (Å²) >= 11 is 0. The highest BCUT2D eigenvalue weighted by molar-refractivity contribution is 5.68. The third kappa shape index (κ3) is 5.10. The van der Waals surface area contributed by atoms with E-state index in [1.54, 1.807) is 45.9 Å². The minimum atomic E-state index is -0.846. The summed E-state index contributed by atoms with van der Waals surface area (Å²) in [5, 5.41) is 43.1. The van der Waals surface area contributed by atoms with Gasteiger partial charge in [-0.2, -0.15) is 0 Å². The second kappa shape index (κ2) is 9.32. The molecule has 4 atom stereocenters. The maximum Gasteiger partial charge on any atom is 0.126 e. The smallest absolute Gasteiger partial charge is 0.126 e. The van der Waals surface area contributed by atoms with Gasteiger partial charge in [0.25, 0.3) is 0 Å². The van der Waals surface area contributed by atoms with Crippen LogP contribution in [-0.4, -0.2) is 32.9 Å². The third-order valence-electron chi connectivity index (χ3n) is 4.89. The molecular weight excluding hydrogens is 372 g/mol. The molecule has 0 radical (unpaired) electrons. The first-order valence-electron chi connectivity index (χ1n) is 9.59. The Morgan fingerprint density at radius 1 is 0.897 bits per heavy atom. The van der Waals surface area contributed by atoms with E-state index in [2.05, 4.69) is 5.32 Å². The van der Waals surface area contributed by atoms with Gasteiger partial charge < -0.3 is 42.1 Å². The number of benzene rings is 2. The normalized spacial score (nSPS) is 15.4. The summed E-state index contributed by atoms with van der Waals surface area (Å²) in [4.78, 5) is 1.47. The van der Waals surface area contributed by atoms with Gasteiger partial charge in [-0.05, 0) is 58.0 Å². The standard InChI is InChI=1S/C21H32N4O4/c1-11(26)17-9-19(22)18(20(12(2)27)21(17)23)10-24-15-5-7-16(8-6-15)25(13(3)28)14(4)29/h5-9,11-14,24,26-29H,10,22-23H2,1-4H3. The van der Waals surface area contributed by atoms with Crippen LogP contribution in [0.3, 0.4) is 0 Å². The van der Waals surface area contributed by atoms with E-state index in [9.17, 15) is 20.4 Å². The fourth-order valence-electron chi connectivity index (χ4n) is 3.51. The molecule has 8 heteroatoms. The Kier molecular flexibility index (Phi) is 7.32. The Labute approximate surface area is 171 Å². The molecule has 2 rings (SSSR count). The number of hydrogen-bond donors (Lipinski definition) is 7. The van der Waals surface area contributed by atoms with Crippen LogP contribution >= 0.6 is 0 Å². The molecule has 0 aliphatic rings. The van der Waals surface area contributed by atoms with Gasteiger partial charge in [-0.25, -0.2) is 0 Å². The molecule has 0 saturated heterocycles. The van der Waals surface area contributed by atoms with Crippen LogP contribution in [0.25, 0.3) is 0 Å². The second-order valence-corrected chi connectivity index (χ2v) is 7.28. The highest BCUT2D eigenvalue weighted by atomic mass is 16.3. The van der Waals surface area contributed by atoms with Gasteiger partial charge in [-0.1, -0.05) is 0 Å². The number of nitrogen functional groups attached to an aromatic ring is 2. The molecule has 0 aromatic heterocycles. The van der Waals surface area contributed by atoms with Crippen LogP contribution in [0.2, 0.25) is 0 Å². The van der Waals surface area contributed by atoms with E-state index in [1.165, 1.54) is 4.90 Å². The maximum absolute atomic E-state index is 10.2. The Balaban J connectivity index is 2.27. The Morgan fingerprint density at radius 3 is 1.90 bits per heavy atom. The van der Waals surface area contributed by atoms with E-state index in [-0.39, 0.29) is 0 Å². The van der Waals surface area contributed by atoms with Crippen LogP contribution < -0.4 is 21.7 Å². The van der Waals surface area contributed by atoms with E-state index in [0.29, 0.717) is 40.3 Å². The lowest BCUT2D eigenvalue weighted by molar-refractivity contribution is 0.105. The lowest BCUT2D eigenvalue weighted by atomic mass is 9.93. The lowest BCUT2D eigenvalue weighted by Crippen LogP contribution is -2.40. The molecule has 9 N–H and O–H groups in total. The molecule has 0 fully saturated rings. The maximum atomic E-state index is 10.2. The summed E-state index contributed by atoms with van der Waals surface area (Å²) in [6, 6.07) is 8.84. The number of aliphatic hydroxyl groups excluding tert-OH is 4. The summed E-state index contributed by atoms with van der Waals surface area (Å²) in [6.45, 7) is 6.70. The quantitative estimate of drug-likeness (QED) is 0.261. The zero-order valence-corrected chi connectivity index (χ0v) is 17.3. The second-order valence-electron chi connectivity index (χ2n) is 7.28. The van der Waals surface area contributed by atoms with Gasteiger partial charge in [0.15, 0.2) is 0 Å². The van der Waals surface area contributed by atoms with E-state index in [0.717, 1.165) is 5.69 Å². The van der Waals surface area contributed by atoms with Gasteiger partial charge in [0.05, 0.1) is 12.2 Å². The van der Waals surface area contributed by atoms with Crippen LogP contribution in [0, 0.1) is 0 Å². The van der Waals surface area contributed by atoms with E-state index >= 15 is 0 Å². The van der Waals surface area contributed by atoms with Gasteiger partial charge in [0, 0.05) is 46.0 Å². The van der Waals surface area contributed by atoms with E-state index in [4.69, 9.17) is 11.5 Å². The number of aliphatic hydroxyl groups is 4. The van der Waals surface area contributed by atoms with Crippen LogP contribution in [0.1, 0.15) is 56.6 Å². The number of anilines is 4. The van der Waals surface area contributed by atoms with Gasteiger partial charge in [0.1, 0.15) is 12.5 Å². The summed E-state index contributed by atoms with van der Waals surface area (Å²) in [5.41, 5.74) is 16.2. The van der Waals surface area contributed by atoms with Crippen molar-refractivity contribution in [3.05, 3.63) is 47.0 Å². The SMILES string of the molecule is CC(O)c1cc(N)c(CNc2ccc(N(C(C)O)C(C)O)cc2)c(C(C)O)c1N. The molecule has 2 aromatic rings. The van der Waals surface area contributed by atoms with E-state index < -0.39 is 24.7 Å². The summed E-state index contributed by atoms with van der Waals surface area (Å²) < 4.78 is 0. The summed E-state index contributed by atoms with van der Waals surface area (Å²) in [7, 11) is 0. The number of nitrogens with zero attached hydrogens (tertiary/aromatic N) is 1. The number of hydrogen-bond acceptors (Lipinski definition) is 8. The third-order valence-corrected chi connectivity index (χ3v) is 4.89. The van der Waals surface area contributed by atoms with Crippen molar-refractivity contribution < 1.29 is 20.4 Å². The molecule has 0 bridgehead atoms. The van der Waals surface area contributed by atoms with Crippen molar-refractivity contribution in [2.45, 2.75) is 58.9 Å². The molecule has 0 aliphatic heterocycles. The average Bonchev–Trinajstić information content (AvgIpc) is 2.61. The van der Waals surface area contributed by atoms with Crippen molar-refractivity contribution in [2.24, 2.45) is 0 Å². The molecule has 160 valence electrons. The molecular formula is C21H32N4O4. The number of nitrogens with one attached hydrogen (secondary N) is 1. The van der Waals surface area contributed by atoms with Crippen molar-refractivity contribution in [2.75, 3.05) is 21.7 Å². The predicted octanol–water partition coefficient (Wildman–Crippen LogP) is 2.05. The lowest BCUT2D eigenvalue weighted by Gasteiger charge is -2.30. The van der Waals surface area contributed by atoms with Gasteiger partial charge in [-0.3, -0.25) is 0 Å². The van der Waals surface area contributed by atoms with E-state index in [1.807, 2.05) is 12.1 Å². The largest absolute Gasteiger partial charge is 0.398 e. The summed E-state index contributed by atoms with van der Waals surface area (Å²) in [5.74, 6) is 0. The van der Waals surface area contributed by atoms with Crippen molar-refractivity contribution >= 4 is 22.7 Å². The van der Waals surface area contributed by atoms with Crippen molar-refractivity contribution in [3.8, 4) is 0 Å². The first-order valence-corrected chi connectivity index (χ1v) is 9.59. The first-order chi connectivity index (χ1) is 13.5. The monoisotopic (exact) mass is 404 g/mol. The van der Waals surface area contributed by atoms with Gasteiger partial charge >= 0.3 is 0 Å². The highest BCUT2D eigenvalue weighted by Crippen LogP contribution is 2.35. The minimum absolute atomic E-state index is 0.326. The van der Waals surface area contributed by atoms with Crippen LogP contribution in [0.15, 0.2) is 30.3 Å². The zero-order valence-electron chi connectivity index (χ0n) is 17.3. The Bertz CT molecular complexity index is 812. The molecule has 4 unspecified atom stereocenters. The molecule has 0 amide bonds. The molecule has 0 spiro atoms. The first kappa shape index (κ1) is 22.8. The molecule has 29 heavy (non-hydrogen) atoms. The van der Waals surface area contributed by atoms with Crippen molar-refractivity contribution in [3.63, 3.8) is 0 Å². The van der Waals surface area contributed by atoms with Crippen LogP contribution in [-0.2, 0) is 6.54 Å². The highest BCUT2D eigenvalue weighted by Gasteiger charge is 2.21. The van der Waals surface area contributed by atoms with Crippen molar-refractivity contribution in [1.82, 2.24) is 0 Å². The fourth-order valence-corrected chi connectivity index (χ4v) is 3.51. The molecule has 0 saturated carbocycles. The molecule has 0 heterocycles. The minimum Gasteiger partial charge on any atom is -0.398 e. The topological polar surface area (TPSA) is 148 Å². The van der Waals surface area contributed by atoms with Gasteiger partial charge in [-0.15, -0.1) is 0 Å². The Morgan fingerprint density at radius 2 is 1.45 bits per heavy atom. The fraction of sp³-hybridized carbons (Fsp3) is 0.429. The van der Waals surface area contributed by atoms with Crippen LogP contribution in [0.4, 0.5) is 22.7 Å². The zero-order chi connectivity index (χ0) is 21.9. The van der Waals surface area contributed by atoms with Gasteiger partial charge in [0.2, 0.25) is 0 Å². The van der Waals surface area contributed by atoms with Crippen LogP contribution in [0.5, 0.6) is 0 Å². The molecule has 8 nitrogen and oxygen atoms in total. The molecule has 2 aromatic carbocycles. The average molecular weight is 405 g/mol. The number of nitrogens with two attached hydrogens (primary N) is 2.